The first-order valence-corrected chi connectivity index (χ1v) is 10.9. The molecule has 0 unspecified atom stereocenters. The molecule has 1 amide bonds. The Balaban J connectivity index is 1.47. The molecule has 0 bridgehead atoms. The first-order chi connectivity index (χ1) is 12.9. The van der Waals surface area contributed by atoms with Gasteiger partial charge >= 0.3 is 0 Å². The lowest BCUT2D eigenvalue weighted by molar-refractivity contribution is -0.117. The minimum absolute atomic E-state index is 0.0372. The summed E-state index contributed by atoms with van der Waals surface area (Å²) in [7, 11) is -3.18. The van der Waals surface area contributed by atoms with E-state index in [-0.39, 0.29) is 11.9 Å². The summed E-state index contributed by atoms with van der Waals surface area (Å²) in [4.78, 5) is 14.3. The van der Waals surface area contributed by atoms with Crippen molar-refractivity contribution in [3.05, 3.63) is 54.6 Å². The normalized spacial score (nSPS) is 16.2. The standard InChI is InChI=1S/C20H25N3O3S/c1-27(25,26)22-19-11-13-23(14-12-19)15-20(24)21-18-9-7-17(8-10-18)16-5-3-2-4-6-16/h2-10,19,22H,11-15H2,1H3,(H,21,24). The van der Waals surface area contributed by atoms with E-state index in [1.165, 1.54) is 6.26 Å². The minimum Gasteiger partial charge on any atom is -0.325 e. The van der Waals surface area contributed by atoms with Crippen molar-refractivity contribution < 1.29 is 13.2 Å². The first-order valence-electron chi connectivity index (χ1n) is 9.04. The Hall–Kier alpha value is -2.22. The minimum atomic E-state index is -3.18. The zero-order valence-corrected chi connectivity index (χ0v) is 16.2. The lowest BCUT2D eigenvalue weighted by Crippen LogP contribution is -2.46. The summed E-state index contributed by atoms with van der Waals surface area (Å²) in [5, 5.41) is 2.93. The predicted octanol–water partition coefficient (Wildman–Crippen LogP) is 2.31. The van der Waals surface area contributed by atoms with Gasteiger partial charge in [-0.3, -0.25) is 9.69 Å². The van der Waals surface area contributed by atoms with Crippen LogP contribution in [0.3, 0.4) is 0 Å². The molecule has 2 aromatic rings. The number of amides is 1. The molecule has 7 heteroatoms. The third-order valence-electron chi connectivity index (χ3n) is 4.61. The molecule has 1 fully saturated rings. The lowest BCUT2D eigenvalue weighted by atomic mass is 10.1. The highest BCUT2D eigenvalue weighted by Gasteiger charge is 2.22. The fourth-order valence-corrected chi connectivity index (χ4v) is 4.13. The molecule has 3 rings (SSSR count). The number of rotatable bonds is 6. The van der Waals surface area contributed by atoms with Crippen LogP contribution < -0.4 is 10.0 Å². The number of anilines is 1. The van der Waals surface area contributed by atoms with Gasteiger partial charge in [-0.25, -0.2) is 13.1 Å². The molecule has 27 heavy (non-hydrogen) atoms. The van der Waals surface area contributed by atoms with Gasteiger partial charge in [0.2, 0.25) is 15.9 Å². The van der Waals surface area contributed by atoms with E-state index in [2.05, 4.69) is 22.2 Å². The molecule has 6 nitrogen and oxygen atoms in total. The van der Waals surface area contributed by atoms with Gasteiger partial charge in [-0.1, -0.05) is 42.5 Å². The van der Waals surface area contributed by atoms with Crippen LogP contribution in [0.25, 0.3) is 11.1 Å². The van der Waals surface area contributed by atoms with Crippen LogP contribution in [-0.2, 0) is 14.8 Å². The highest BCUT2D eigenvalue weighted by Crippen LogP contribution is 2.21. The Kier molecular flexibility index (Phi) is 6.26. The van der Waals surface area contributed by atoms with Crippen LogP contribution in [0.2, 0.25) is 0 Å². The molecule has 144 valence electrons. The number of hydrogen-bond donors (Lipinski definition) is 2. The van der Waals surface area contributed by atoms with Gasteiger partial charge in [-0.15, -0.1) is 0 Å². The predicted molar refractivity (Wildman–Crippen MR) is 108 cm³/mol. The number of sulfonamides is 1. The van der Waals surface area contributed by atoms with Gasteiger partial charge in [-0.05, 0) is 36.1 Å². The van der Waals surface area contributed by atoms with E-state index in [4.69, 9.17) is 0 Å². The van der Waals surface area contributed by atoms with Crippen LogP contribution in [0, 0.1) is 0 Å². The second kappa shape index (κ2) is 8.65. The van der Waals surface area contributed by atoms with E-state index in [1.54, 1.807) is 0 Å². The SMILES string of the molecule is CS(=O)(=O)NC1CCN(CC(=O)Nc2ccc(-c3ccccc3)cc2)CC1. The summed E-state index contributed by atoms with van der Waals surface area (Å²) in [6.07, 6.45) is 2.61. The van der Waals surface area contributed by atoms with Crippen LogP contribution in [0.15, 0.2) is 54.6 Å². The highest BCUT2D eigenvalue weighted by molar-refractivity contribution is 7.88. The third kappa shape index (κ3) is 6.16. The van der Waals surface area contributed by atoms with E-state index in [9.17, 15) is 13.2 Å². The summed E-state index contributed by atoms with van der Waals surface area (Å²) < 4.78 is 25.2. The maximum absolute atomic E-state index is 12.3. The van der Waals surface area contributed by atoms with E-state index < -0.39 is 10.0 Å². The zero-order chi connectivity index (χ0) is 19.3. The maximum Gasteiger partial charge on any atom is 0.238 e. The molecule has 0 atom stereocenters. The van der Waals surface area contributed by atoms with Gasteiger partial charge in [0.1, 0.15) is 0 Å². The van der Waals surface area contributed by atoms with E-state index >= 15 is 0 Å². The summed E-state index contributed by atoms with van der Waals surface area (Å²) >= 11 is 0. The van der Waals surface area contributed by atoms with Gasteiger partial charge < -0.3 is 5.32 Å². The summed E-state index contributed by atoms with van der Waals surface area (Å²) in [5.74, 6) is -0.0583. The third-order valence-corrected chi connectivity index (χ3v) is 5.37. The largest absolute Gasteiger partial charge is 0.325 e. The number of likely N-dealkylation sites (tertiary alicyclic amines) is 1. The van der Waals surface area contributed by atoms with Crippen molar-refractivity contribution in [2.45, 2.75) is 18.9 Å². The molecule has 1 aliphatic rings. The molecular formula is C20H25N3O3S. The molecule has 0 aromatic heterocycles. The fraction of sp³-hybridized carbons (Fsp3) is 0.350. The second-order valence-corrected chi connectivity index (χ2v) is 8.71. The van der Waals surface area contributed by atoms with Crippen molar-refractivity contribution in [3.63, 3.8) is 0 Å². The highest BCUT2D eigenvalue weighted by atomic mass is 32.2. The first kappa shape index (κ1) is 19.5. The smallest absolute Gasteiger partial charge is 0.238 e. The average Bonchev–Trinajstić information content (AvgIpc) is 2.63. The molecule has 1 heterocycles. The average molecular weight is 388 g/mol. The van der Waals surface area contributed by atoms with Crippen LogP contribution in [-0.4, -0.2) is 51.2 Å². The fourth-order valence-electron chi connectivity index (χ4n) is 3.29. The van der Waals surface area contributed by atoms with E-state index in [1.807, 2.05) is 47.4 Å². The summed E-state index contributed by atoms with van der Waals surface area (Å²) in [5.41, 5.74) is 3.02. The van der Waals surface area contributed by atoms with E-state index in [0.717, 1.165) is 16.8 Å². The van der Waals surface area contributed by atoms with Crippen molar-refractivity contribution >= 4 is 21.6 Å². The molecule has 1 aliphatic heterocycles. The van der Waals surface area contributed by atoms with Gasteiger partial charge in [-0.2, -0.15) is 0 Å². The van der Waals surface area contributed by atoms with E-state index in [0.29, 0.717) is 32.5 Å². The molecule has 0 aliphatic carbocycles. The number of carbonyl (C=O) groups excluding carboxylic acids is 1. The van der Waals surface area contributed by atoms with Gasteiger partial charge in [0.15, 0.2) is 0 Å². The van der Waals surface area contributed by atoms with Crippen molar-refractivity contribution in [1.29, 1.82) is 0 Å². The van der Waals surface area contributed by atoms with Crippen LogP contribution >= 0.6 is 0 Å². The number of nitrogens with zero attached hydrogens (tertiary/aromatic N) is 1. The van der Waals surface area contributed by atoms with Crippen molar-refractivity contribution in [1.82, 2.24) is 9.62 Å². The monoisotopic (exact) mass is 387 g/mol. The van der Waals surface area contributed by atoms with Gasteiger partial charge in [0.05, 0.1) is 12.8 Å². The Labute approximate surface area is 160 Å². The van der Waals surface area contributed by atoms with Crippen molar-refractivity contribution in [2.75, 3.05) is 31.2 Å². The molecule has 0 saturated carbocycles. The number of piperidine rings is 1. The maximum atomic E-state index is 12.3. The number of nitrogens with one attached hydrogen (secondary N) is 2. The Morgan fingerprint density at radius 2 is 1.59 bits per heavy atom. The summed E-state index contributed by atoms with van der Waals surface area (Å²) in [6, 6.07) is 17.8. The molecule has 0 spiro atoms. The van der Waals surface area contributed by atoms with Crippen LogP contribution in [0.1, 0.15) is 12.8 Å². The number of hydrogen-bond acceptors (Lipinski definition) is 4. The Morgan fingerprint density at radius 1 is 1.00 bits per heavy atom. The quantitative estimate of drug-likeness (QED) is 0.797. The zero-order valence-electron chi connectivity index (χ0n) is 15.4. The van der Waals surface area contributed by atoms with Crippen molar-refractivity contribution in [2.24, 2.45) is 0 Å². The van der Waals surface area contributed by atoms with Crippen LogP contribution in [0.5, 0.6) is 0 Å². The number of carbonyl (C=O) groups is 1. The Morgan fingerprint density at radius 3 is 2.19 bits per heavy atom. The molecule has 1 saturated heterocycles. The number of benzene rings is 2. The van der Waals surface area contributed by atoms with Gasteiger partial charge in [0.25, 0.3) is 0 Å². The Bertz CT molecular complexity index is 859. The topological polar surface area (TPSA) is 78.5 Å². The van der Waals surface area contributed by atoms with Crippen LogP contribution in [0.4, 0.5) is 5.69 Å². The lowest BCUT2D eigenvalue weighted by Gasteiger charge is -2.31. The molecule has 0 radical (unpaired) electrons. The van der Waals surface area contributed by atoms with Crippen molar-refractivity contribution in [3.8, 4) is 11.1 Å². The molecule has 2 N–H and O–H groups in total. The van der Waals surface area contributed by atoms with Gasteiger partial charge in [0, 0.05) is 24.8 Å². The summed E-state index contributed by atoms with van der Waals surface area (Å²) in [6.45, 7) is 1.72. The molecular weight excluding hydrogens is 362 g/mol. The molecule has 2 aromatic carbocycles. The second-order valence-electron chi connectivity index (χ2n) is 6.93.